The van der Waals surface area contributed by atoms with Gasteiger partial charge in [0.05, 0.1) is 0 Å². The van der Waals surface area contributed by atoms with Crippen LogP contribution in [0.4, 0.5) is 0 Å². The quantitative estimate of drug-likeness (QED) is 0.814. The highest BCUT2D eigenvalue weighted by Crippen LogP contribution is 2.21. The number of benzene rings is 1. The molecule has 0 fully saturated rings. The van der Waals surface area contributed by atoms with Gasteiger partial charge in [0, 0.05) is 6.04 Å². The molecule has 0 spiro atoms. The zero-order chi connectivity index (χ0) is 12.8. The van der Waals surface area contributed by atoms with Crippen LogP contribution in [-0.2, 0) is 0 Å². The fraction of sp³-hybridized carbons (Fsp3) is 0.600. The molecule has 0 bridgehead atoms. The summed E-state index contributed by atoms with van der Waals surface area (Å²) >= 11 is 0. The second-order valence-electron chi connectivity index (χ2n) is 4.90. The molecule has 1 aromatic carbocycles. The van der Waals surface area contributed by atoms with Crippen molar-refractivity contribution >= 4 is 0 Å². The Bertz CT molecular complexity index is 335. The smallest absolute Gasteiger partial charge is 0.120 e. The molecule has 0 aromatic heterocycles. The van der Waals surface area contributed by atoms with E-state index in [0.717, 1.165) is 12.3 Å². The molecule has 0 radical (unpaired) electrons. The molecule has 0 amide bonds. The van der Waals surface area contributed by atoms with E-state index in [-0.39, 0.29) is 6.10 Å². The average molecular weight is 235 g/mol. The third-order valence-electron chi connectivity index (χ3n) is 3.08. The highest BCUT2D eigenvalue weighted by atomic mass is 16.5. The summed E-state index contributed by atoms with van der Waals surface area (Å²) in [6.45, 7) is 11.7. The second-order valence-corrected chi connectivity index (χ2v) is 4.90. The largest absolute Gasteiger partial charge is 0.489 e. The van der Waals surface area contributed by atoms with Crippen LogP contribution in [0.5, 0.6) is 5.75 Å². The van der Waals surface area contributed by atoms with E-state index in [0.29, 0.717) is 12.0 Å². The van der Waals surface area contributed by atoms with Crippen molar-refractivity contribution < 1.29 is 4.74 Å². The molecular formula is C15H25NO. The van der Waals surface area contributed by atoms with E-state index in [9.17, 15) is 0 Å². The molecule has 17 heavy (non-hydrogen) atoms. The maximum Gasteiger partial charge on any atom is 0.120 e. The molecule has 1 rings (SSSR count). The summed E-state index contributed by atoms with van der Waals surface area (Å²) < 4.78 is 5.96. The number of rotatable bonds is 6. The zero-order valence-corrected chi connectivity index (χ0v) is 11.7. The number of likely N-dealkylation sites (N-methyl/N-ethyl adjacent to an activating group) is 1. The predicted octanol–water partition coefficient (Wildman–Crippen LogP) is 3.58. The average Bonchev–Trinajstić information content (AvgIpc) is 2.29. The first-order valence-electron chi connectivity index (χ1n) is 6.54. The van der Waals surface area contributed by atoms with Crippen LogP contribution >= 0.6 is 0 Å². The Kier molecular flexibility index (Phi) is 5.49. The Balaban J connectivity index is 2.64. The first-order chi connectivity index (χ1) is 8.04. The maximum absolute atomic E-state index is 5.96. The van der Waals surface area contributed by atoms with Crippen molar-refractivity contribution in [1.82, 2.24) is 5.32 Å². The van der Waals surface area contributed by atoms with E-state index in [1.54, 1.807) is 0 Å². The highest BCUT2D eigenvalue weighted by Gasteiger charge is 2.12. The van der Waals surface area contributed by atoms with Gasteiger partial charge >= 0.3 is 0 Å². The summed E-state index contributed by atoms with van der Waals surface area (Å²) in [7, 11) is 0. The van der Waals surface area contributed by atoms with Crippen molar-refractivity contribution in [2.45, 2.75) is 52.7 Å². The SMILES string of the molecule is CCNC(C)C(C)Oc1cccc(C(C)C)c1. The summed E-state index contributed by atoms with van der Waals surface area (Å²) in [5, 5.41) is 3.38. The van der Waals surface area contributed by atoms with Crippen molar-refractivity contribution in [3.05, 3.63) is 29.8 Å². The Morgan fingerprint density at radius 1 is 1.18 bits per heavy atom. The Morgan fingerprint density at radius 2 is 1.88 bits per heavy atom. The molecule has 0 heterocycles. The zero-order valence-electron chi connectivity index (χ0n) is 11.7. The summed E-state index contributed by atoms with van der Waals surface area (Å²) in [5.74, 6) is 1.51. The molecule has 2 unspecified atom stereocenters. The van der Waals surface area contributed by atoms with E-state index in [2.05, 4.69) is 58.1 Å². The van der Waals surface area contributed by atoms with Crippen molar-refractivity contribution in [2.24, 2.45) is 0 Å². The van der Waals surface area contributed by atoms with Crippen LogP contribution in [0.1, 0.15) is 46.1 Å². The van der Waals surface area contributed by atoms with Crippen molar-refractivity contribution in [3.8, 4) is 5.75 Å². The summed E-state index contributed by atoms with van der Waals surface area (Å²) in [5.41, 5.74) is 1.32. The molecule has 96 valence electrons. The normalized spacial score (nSPS) is 14.7. The Labute approximate surface area is 105 Å². The minimum atomic E-state index is 0.178. The van der Waals surface area contributed by atoms with Crippen molar-refractivity contribution in [3.63, 3.8) is 0 Å². The lowest BCUT2D eigenvalue weighted by Gasteiger charge is -2.22. The van der Waals surface area contributed by atoms with Gasteiger partial charge in [-0.05, 0) is 44.0 Å². The van der Waals surface area contributed by atoms with Crippen LogP contribution < -0.4 is 10.1 Å². The molecule has 0 aliphatic carbocycles. The van der Waals surface area contributed by atoms with Gasteiger partial charge in [0.2, 0.25) is 0 Å². The molecule has 0 saturated carbocycles. The van der Waals surface area contributed by atoms with Gasteiger partial charge in [-0.25, -0.2) is 0 Å². The Morgan fingerprint density at radius 3 is 2.47 bits per heavy atom. The monoisotopic (exact) mass is 235 g/mol. The van der Waals surface area contributed by atoms with E-state index < -0.39 is 0 Å². The fourth-order valence-corrected chi connectivity index (χ4v) is 1.75. The van der Waals surface area contributed by atoms with Gasteiger partial charge in [-0.2, -0.15) is 0 Å². The first kappa shape index (κ1) is 14.0. The van der Waals surface area contributed by atoms with Gasteiger partial charge in [0.1, 0.15) is 11.9 Å². The van der Waals surface area contributed by atoms with E-state index in [4.69, 9.17) is 4.74 Å². The molecule has 2 atom stereocenters. The third kappa shape index (κ3) is 4.39. The van der Waals surface area contributed by atoms with Crippen molar-refractivity contribution in [1.29, 1.82) is 0 Å². The summed E-state index contributed by atoms with van der Waals surface area (Å²) in [6, 6.07) is 8.74. The predicted molar refractivity (Wildman–Crippen MR) is 73.8 cm³/mol. The van der Waals surface area contributed by atoms with Crippen LogP contribution in [-0.4, -0.2) is 18.7 Å². The summed E-state index contributed by atoms with van der Waals surface area (Å²) in [4.78, 5) is 0. The minimum Gasteiger partial charge on any atom is -0.489 e. The number of hydrogen-bond acceptors (Lipinski definition) is 2. The second kappa shape index (κ2) is 6.65. The lowest BCUT2D eigenvalue weighted by Crippen LogP contribution is -2.38. The van der Waals surface area contributed by atoms with Gasteiger partial charge in [0.15, 0.2) is 0 Å². The van der Waals surface area contributed by atoms with E-state index >= 15 is 0 Å². The number of nitrogens with one attached hydrogen (secondary N) is 1. The Hall–Kier alpha value is -1.02. The maximum atomic E-state index is 5.96. The molecule has 1 aromatic rings. The molecule has 0 aliphatic heterocycles. The number of hydrogen-bond donors (Lipinski definition) is 1. The number of ether oxygens (including phenoxy) is 1. The molecule has 2 heteroatoms. The van der Waals surface area contributed by atoms with E-state index in [1.807, 2.05) is 6.07 Å². The summed E-state index contributed by atoms with van der Waals surface area (Å²) in [6.07, 6.45) is 0.178. The standard InChI is InChI=1S/C15H25NO/c1-6-16-12(4)13(5)17-15-9-7-8-14(10-15)11(2)3/h7-13,16H,6H2,1-5H3. The lowest BCUT2D eigenvalue weighted by molar-refractivity contribution is 0.179. The van der Waals surface area contributed by atoms with Gasteiger partial charge < -0.3 is 10.1 Å². The van der Waals surface area contributed by atoms with Crippen LogP contribution in [0.2, 0.25) is 0 Å². The fourth-order valence-electron chi connectivity index (χ4n) is 1.75. The molecule has 2 nitrogen and oxygen atoms in total. The van der Waals surface area contributed by atoms with Gasteiger partial charge in [-0.3, -0.25) is 0 Å². The minimum absolute atomic E-state index is 0.178. The first-order valence-corrected chi connectivity index (χ1v) is 6.54. The van der Waals surface area contributed by atoms with Crippen molar-refractivity contribution in [2.75, 3.05) is 6.54 Å². The van der Waals surface area contributed by atoms with Crippen LogP contribution in [0.25, 0.3) is 0 Å². The van der Waals surface area contributed by atoms with Crippen LogP contribution in [0.3, 0.4) is 0 Å². The van der Waals surface area contributed by atoms with Crippen LogP contribution in [0, 0.1) is 0 Å². The van der Waals surface area contributed by atoms with Gasteiger partial charge in [-0.1, -0.05) is 32.9 Å². The highest BCUT2D eigenvalue weighted by molar-refractivity contribution is 5.30. The van der Waals surface area contributed by atoms with Gasteiger partial charge in [-0.15, -0.1) is 0 Å². The molecule has 1 N–H and O–H groups in total. The van der Waals surface area contributed by atoms with E-state index in [1.165, 1.54) is 5.56 Å². The molecule has 0 saturated heterocycles. The molecule has 0 aliphatic rings. The topological polar surface area (TPSA) is 21.3 Å². The lowest BCUT2D eigenvalue weighted by atomic mass is 10.0. The molecular weight excluding hydrogens is 210 g/mol. The van der Waals surface area contributed by atoms with Crippen LogP contribution in [0.15, 0.2) is 24.3 Å². The van der Waals surface area contributed by atoms with Gasteiger partial charge in [0.25, 0.3) is 0 Å². The third-order valence-corrected chi connectivity index (χ3v) is 3.08.